The van der Waals surface area contributed by atoms with Crippen LogP contribution in [0.2, 0.25) is 0 Å². The summed E-state index contributed by atoms with van der Waals surface area (Å²) in [5.41, 5.74) is 3.09. The van der Waals surface area contributed by atoms with Gasteiger partial charge in [-0.25, -0.2) is 0 Å². The number of rotatable bonds is 8. The van der Waals surface area contributed by atoms with Crippen molar-refractivity contribution in [1.29, 1.82) is 0 Å². The minimum Gasteiger partial charge on any atom is -0.356 e. The standard InChI is InChI=1S/C26H35N5O2.HI/c1-27-25(33)23-10-6-9-21(18-23)11-14-29-26(28-2)30-19-24(32)31-15-12-22(13-16-31)17-20-7-4-3-5-8-20;/h3-10,18,22H,11-17,19H2,1-2H3,(H,27,33)(H2,28,29,30);1H. The highest BCUT2D eigenvalue weighted by molar-refractivity contribution is 14.0. The number of carbonyl (C=O) groups is 2. The highest BCUT2D eigenvalue weighted by Crippen LogP contribution is 2.21. The number of benzene rings is 2. The van der Waals surface area contributed by atoms with E-state index < -0.39 is 0 Å². The molecule has 0 aromatic heterocycles. The molecule has 3 N–H and O–H groups in total. The van der Waals surface area contributed by atoms with Crippen molar-refractivity contribution in [2.45, 2.75) is 25.7 Å². The molecule has 2 amide bonds. The molecule has 0 aliphatic carbocycles. The molecule has 0 atom stereocenters. The molecule has 1 aliphatic rings. The van der Waals surface area contributed by atoms with E-state index in [0.29, 0.717) is 24.0 Å². The fraction of sp³-hybridized carbons (Fsp3) is 0.423. The van der Waals surface area contributed by atoms with E-state index in [-0.39, 0.29) is 42.3 Å². The molecule has 7 nitrogen and oxygen atoms in total. The molecule has 2 aromatic carbocycles. The van der Waals surface area contributed by atoms with Gasteiger partial charge in [0.1, 0.15) is 0 Å². The Hall–Kier alpha value is -2.62. The summed E-state index contributed by atoms with van der Waals surface area (Å²) in [6.45, 7) is 2.50. The first-order valence-corrected chi connectivity index (χ1v) is 11.7. The van der Waals surface area contributed by atoms with E-state index in [9.17, 15) is 9.59 Å². The molecule has 2 aromatic rings. The Morgan fingerprint density at radius 3 is 2.38 bits per heavy atom. The Kier molecular flexibility index (Phi) is 11.9. The van der Waals surface area contributed by atoms with Gasteiger partial charge in [0, 0.05) is 39.3 Å². The molecule has 1 aliphatic heterocycles. The first kappa shape index (κ1) is 27.6. The summed E-state index contributed by atoms with van der Waals surface area (Å²) in [5, 5.41) is 9.01. The Labute approximate surface area is 219 Å². The zero-order chi connectivity index (χ0) is 23.5. The fourth-order valence-corrected chi connectivity index (χ4v) is 4.16. The van der Waals surface area contributed by atoms with Crippen LogP contribution in [0.1, 0.15) is 34.3 Å². The summed E-state index contributed by atoms with van der Waals surface area (Å²) in [5.74, 6) is 1.25. The van der Waals surface area contributed by atoms with Crippen LogP contribution in [-0.2, 0) is 17.6 Å². The third-order valence-electron chi connectivity index (χ3n) is 6.09. The summed E-state index contributed by atoms with van der Waals surface area (Å²) in [6.07, 6.45) is 3.92. The van der Waals surface area contributed by atoms with Crippen molar-refractivity contribution in [2.24, 2.45) is 10.9 Å². The van der Waals surface area contributed by atoms with Crippen LogP contribution < -0.4 is 16.0 Å². The van der Waals surface area contributed by atoms with Crippen molar-refractivity contribution in [2.75, 3.05) is 40.3 Å². The number of nitrogens with zero attached hydrogens (tertiary/aromatic N) is 2. The number of amides is 2. The zero-order valence-corrected chi connectivity index (χ0v) is 22.4. The van der Waals surface area contributed by atoms with Gasteiger partial charge in [-0.1, -0.05) is 42.5 Å². The second kappa shape index (κ2) is 14.6. The van der Waals surface area contributed by atoms with Crippen molar-refractivity contribution in [3.63, 3.8) is 0 Å². The van der Waals surface area contributed by atoms with Gasteiger partial charge in [-0.05, 0) is 54.9 Å². The lowest BCUT2D eigenvalue weighted by molar-refractivity contribution is -0.131. The summed E-state index contributed by atoms with van der Waals surface area (Å²) < 4.78 is 0. The quantitative estimate of drug-likeness (QED) is 0.256. The average molecular weight is 578 g/mol. The topological polar surface area (TPSA) is 85.8 Å². The van der Waals surface area contributed by atoms with Crippen molar-refractivity contribution in [1.82, 2.24) is 20.9 Å². The maximum Gasteiger partial charge on any atom is 0.251 e. The van der Waals surface area contributed by atoms with Crippen LogP contribution >= 0.6 is 24.0 Å². The lowest BCUT2D eigenvalue weighted by Gasteiger charge is -2.32. The van der Waals surface area contributed by atoms with Gasteiger partial charge >= 0.3 is 0 Å². The number of carbonyl (C=O) groups excluding carboxylic acids is 2. The number of aliphatic imine (C=N–C) groups is 1. The van der Waals surface area contributed by atoms with Crippen molar-refractivity contribution < 1.29 is 9.59 Å². The van der Waals surface area contributed by atoms with Gasteiger partial charge in [0.05, 0.1) is 6.54 Å². The normalized spacial score (nSPS) is 14.2. The molecule has 0 unspecified atom stereocenters. The minimum atomic E-state index is -0.0927. The van der Waals surface area contributed by atoms with E-state index in [0.717, 1.165) is 44.3 Å². The summed E-state index contributed by atoms with van der Waals surface area (Å²) in [6, 6.07) is 18.1. The van der Waals surface area contributed by atoms with E-state index in [1.54, 1.807) is 20.2 Å². The molecule has 0 saturated carbocycles. The molecule has 8 heteroatoms. The van der Waals surface area contributed by atoms with E-state index in [1.807, 2.05) is 29.2 Å². The van der Waals surface area contributed by atoms with Crippen molar-refractivity contribution >= 4 is 41.8 Å². The number of hydrogen-bond donors (Lipinski definition) is 3. The Morgan fingerprint density at radius 1 is 1.00 bits per heavy atom. The van der Waals surface area contributed by atoms with Gasteiger partial charge < -0.3 is 20.9 Å². The molecule has 1 heterocycles. The van der Waals surface area contributed by atoms with Crippen LogP contribution in [0.4, 0.5) is 0 Å². The van der Waals surface area contributed by atoms with Crippen LogP contribution in [0.15, 0.2) is 59.6 Å². The molecule has 3 rings (SSSR count). The van der Waals surface area contributed by atoms with Gasteiger partial charge in [0.25, 0.3) is 5.91 Å². The van der Waals surface area contributed by atoms with Crippen LogP contribution in [-0.4, -0.2) is 62.9 Å². The van der Waals surface area contributed by atoms with E-state index in [4.69, 9.17) is 0 Å². The average Bonchev–Trinajstić information content (AvgIpc) is 2.86. The second-order valence-corrected chi connectivity index (χ2v) is 8.40. The van der Waals surface area contributed by atoms with E-state index in [2.05, 4.69) is 45.2 Å². The number of nitrogens with one attached hydrogen (secondary N) is 3. The lowest BCUT2D eigenvalue weighted by atomic mass is 9.90. The maximum absolute atomic E-state index is 12.7. The third-order valence-corrected chi connectivity index (χ3v) is 6.09. The molecule has 1 fully saturated rings. The molecular weight excluding hydrogens is 541 g/mol. The molecule has 1 saturated heterocycles. The SMILES string of the molecule is CN=C(NCCc1cccc(C(=O)NC)c1)NCC(=O)N1CCC(Cc2ccccc2)CC1.I. The highest BCUT2D eigenvalue weighted by atomic mass is 127. The molecule has 0 spiro atoms. The van der Waals surface area contributed by atoms with Crippen molar-refractivity contribution in [3.8, 4) is 0 Å². The monoisotopic (exact) mass is 577 g/mol. The lowest BCUT2D eigenvalue weighted by Crippen LogP contribution is -2.47. The maximum atomic E-state index is 12.7. The summed E-state index contributed by atoms with van der Waals surface area (Å²) >= 11 is 0. The molecule has 0 bridgehead atoms. The number of halogens is 1. The molecule has 0 radical (unpaired) electrons. The van der Waals surface area contributed by atoms with Crippen molar-refractivity contribution in [3.05, 3.63) is 71.3 Å². The predicted octanol–water partition coefficient (Wildman–Crippen LogP) is 2.85. The number of piperidine rings is 1. The Morgan fingerprint density at radius 2 is 1.71 bits per heavy atom. The Bertz CT molecular complexity index is 943. The second-order valence-electron chi connectivity index (χ2n) is 8.40. The summed E-state index contributed by atoms with van der Waals surface area (Å²) in [7, 11) is 3.32. The van der Waals surface area contributed by atoms with Crippen LogP contribution in [0.25, 0.3) is 0 Å². The van der Waals surface area contributed by atoms with E-state index >= 15 is 0 Å². The van der Waals surface area contributed by atoms with Crippen LogP contribution in [0, 0.1) is 5.92 Å². The van der Waals surface area contributed by atoms with Crippen LogP contribution in [0.3, 0.4) is 0 Å². The summed E-state index contributed by atoms with van der Waals surface area (Å²) in [4.78, 5) is 30.6. The fourth-order valence-electron chi connectivity index (χ4n) is 4.16. The first-order chi connectivity index (χ1) is 16.1. The van der Waals surface area contributed by atoms with Gasteiger partial charge in [-0.3, -0.25) is 14.6 Å². The van der Waals surface area contributed by atoms with Gasteiger partial charge in [0.15, 0.2) is 5.96 Å². The molecular formula is C26H36IN5O2. The largest absolute Gasteiger partial charge is 0.356 e. The molecule has 34 heavy (non-hydrogen) atoms. The van der Waals surface area contributed by atoms with Gasteiger partial charge in [0.2, 0.25) is 5.91 Å². The highest BCUT2D eigenvalue weighted by Gasteiger charge is 2.22. The van der Waals surface area contributed by atoms with Crippen LogP contribution in [0.5, 0.6) is 0 Å². The third kappa shape index (κ3) is 8.62. The molecule has 184 valence electrons. The van der Waals surface area contributed by atoms with Gasteiger partial charge in [-0.2, -0.15) is 0 Å². The van der Waals surface area contributed by atoms with Gasteiger partial charge in [-0.15, -0.1) is 24.0 Å². The number of hydrogen-bond acceptors (Lipinski definition) is 3. The van der Waals surface area contributed by atoms with E-state index in [1.165, 1.54) is 5.56 Å². The minimum absolute atomic E-state index is 0. The predicted molar refractivity (Wildman–Crippen MR) is 148 cm³/mol. The zero-order valence-electron chi connectivity index (χ0n) is 20.0. The Balaban J connectivity index is 0.00000408. The first-order valence-electron chi connectivity index (χ1n) is 11.7. The number of guanidine groups is 1. The number of likely N-dealkylation sites (tertiary alicyclic amines) is 1. The smallest absolute Gasteiger partial charge is 0.251 e.